The SMILES string of the molecule is Brc1ccc2oc(-c3ccnc(NC4CC4)n3)cc2c1. The summed E-state index contributed by atoms with van der Waals surface area (Å²) >= 11 is 3.47. The van der Waals surface area contributed by atoms with Crippen LogP contribution in [0.5, 0.6) is 0 Å². The van der Waals surface area contributed by atoms with Crippen molar-refractivity contribution in [2.75, 3.05) is 5.32 Å². The fourth-order valence-electron chi connectivity index (χ4n) is 2.12. The molecular weight excluding hydrogens is 318 g/mol. The van der Waals surface area contributed by atoms with Crippen LogP contribution in [0, 0.1) is 0 Å². The molecular formula is C15H12BrN3O. The molecule has 0 radical (unpaired) electrons. The summed E-state index contributed by atoms with van der Waals surface area (Å²) in [5.74, 6) is 1.44. The Morgan fingerprint density at radius 1 is 1.20 bits per heavy atom. The van der Waals surface area contributed by atoms with Crippen LogP contribution in [0.15, 0.2) is 45.4 Å². The van der Waals surface area contributed by atoms with Crippen LogP contribution in [0.1, 0.15) is 12.8 Å². The van der Waals surface area contributed by atoms with Crippen LogP contribution in [0.2, 0.25) is 0 Å². The fraction of sp³-hybridized carbons (Fsp3) is 0.200. The molecule has 0 aliphatic heterocycles. The summed E-state index contributed by atoms with van der Waals surface area (Å²) in [7, 11) is 0. The van der Waals surface area contributed by atoms with E-state index in [4.69, 9.17) is 4.42 Å². The summed E-state index contributed by atoms with van der Waals surface area (Å²) in [6.07, 6.45) is 4.16. The highest BCUT2D eigenvalue weighted by Gasteiger charge is 2.22. The first-order chi connectivity index (χ1) is 9.78. The summed E-state index contributed by atoms with van der Waals surface area (Å²) < 4.78 is 6.88. The molecule has 1 N–H and O–H groups in total. The van der Waals surface area contributed by atoms with Crippen LogP contribution in [-0.2, 0) is 0 Å². The predicted octanol–water partition coefficient (Wildman–Crippen LogP) is 4.23. The summed E-state index contributed by atoms with van der Waals surface area (Å²) in [6, 6.07) is 10.4. The first kappa shape index (κ1) is 11.9. The van der Waals surface area contributed by atoms with Gasteiger partial charge in [0.05, 0.1) is 0 Å². The van der Waals surface area contributed by atoms with Crippen molar-refractivity contribution in [2.24, 2.45) is 0 Å². The van der Waals surface area contributed by atoms with E-state index in [1.165, 1.54) is 12.8 Å². The summed E-state index contributed by atoms with van der Waals surface area (Å²) in [5, 5.41) is 4.36. The number of hydrogen-bond acceptors (Lipinski definition) is 4. The van der Waals surface area contributed by atoms with Gasteiger partial charge in [0.2, 0.25) is 5.95 Å². The molecule has 0 atom stereocenters. The monoisotopic (exact) mass is 329 g/mol. The lowest BCUT2D eigenvalue weighted by Crippen LogP contribution is -2.05. The van der Waals surface area contributed by atoms with E-state index >= 15 is 0 Å². The lowest BCUT2D eigenvalue weighted by atomic mass is 10.2. The number of nitrogens with zero attached hydrogens (tertiary/aromatic N) is 2. The van der Waals surface area contributed by atoms with Gasteiger partial charge < -0.3 is 9.73 Å². The molecule has 1 fully saturated rings. The van der Waals surface area contributed by atoms with Crippen LogP contribution in [0.3, 0.4) is 0 Å². The number of anilines is 1. The molecule has 1 aliphatic rings. The molecule has 0 spiro atoms. The highest BCUT2D eigenvalue weighted by Crippen LogP contribution is 2.29. The van der Waals surface area contributed by atoms with Crippen LogP contribution >= 0.6 is 15.9 Å². The highest BCUT2D eigenvalue weighted by atomic mass is 79.9. The topological polar surface area (TPSA) is 51.0 Å². The summed E-state index contributed by atoms with van der Waals surface area (Å²) in [6.45, 7) is 0. The third kappa shape index (κ3) is 2.29. The van der Waals surface area contributed by atoms with Crippen LogP contribution < -0.4 is 5.32 Å². The largest absolute Gasteiger partial charge is 0.454 e. The van der Waals surface area contributed by atoms with E-state index < -0.39 is 0 Å². The van der Waals surface area contributed by atoms with Crippen LogP contribution in [0.25, 0.3) is 22.4 Å². The van der Waals surface area contributed by atoms with Crippen molar-refractivity contribution in [3.63, 3.8) is 0 Å². The van der Waals surface area contributed by atoms with Gasteiger partial charge in [-0.1, -0.05) is 15.9 Å². The summed E-state index contributed by atoms with van der Waals surface area (Å²) in [5.41, 5.74) is 1.66. The summed E-state index contributed by atoms with van der Waals surface area (Å²) in [4.78, 5) is 8.75. The van der Waals surface area contributed by atoms with Crippen LogP contribution in [-0.4, -0.2) is 16.0 Å². The van der Waals surface area contributed by atoms with Gasteiger partial charge in [0.25, 0.3) is 0 Å². The Labute approximate surface area is 124 Å². The maximum absolute atomic E-state index is 5.85. The van der Waals surface area contributed by atoms with Crippen molar-refractivity contribution in [3.05, 3.63) is 41.0 Å². The zero-order chi connectivity index (χ0) is 13.5. The average molecular weight is 330 g/mol. The number of fused-ring (bicyclic) bond motifs is 1. The van der Waals surface area contributed by atoms with Gasteiger partial charge in [-0.25, -0.2) is 9.97 Å². The number of aromatic nitrogens is 2. The maximum Gasteiger partial charge on any atom is 0.223 e. The molecule has 1 aliphatic carbocycles. The normalized spacial score (nSPS) is 14.7. The van der Waals surface area contributed by atoms with Gasteiger partial charge in [-0.2, -0.15) is 0 Å². The smallest absolute Gasteiger partial charge is 0.223 e. The number of furan rings is 1. The predicted molar refractivity (Wildman–Crippen MR) is 81.6 cm³/mol. The van der Waals surface area contributed by atoms with Crippen molar-refractivity contribution in [1.29, 1.82) is 0 Å². The van der Waals surface area contributed by atoms with E-state index in [1.807, 2.05) is 30.3 Å². The molecule has 0 bridgehead atoms. The Bertz CT molecular complexity index is 780. The van der Waals surface area contributed by atoms with Gasteiger partial charge in [-0.15, -0.1) is 0 Å². The number of rotatable bonds is 3. The molecule has 0 amide bonds. The highest BCUT2D eigenvalue weighted by molar-refractivity contribution is 9.10. The first-order valence-corrected chi connectivity index (χ1v) is 7.36. The van der Waals surface area contributed by atoms with E-state index in [2.05, 4.69) is 31.2 Å². The van der Waals surface area contributed by atoms with Gasteiger partial charge in [0, 0.05) is 22.1 Å². The van der Waals surface area contributed by atoms with Crippen molar-refractivity contribution < 1.29 is 4.42 Å². The molecule has 4 rings (SSSR count). The Balaban J connectivity index is 1.73. The number of nitrogens with one attached hydrogen (secondary N) is 1. The van der Waals surface area contributed by atoms with E-state index in [0.29, 0.717) is 12.0 Å². The Kier molecular flexibility index (Phi) is 2.73. The standard InChI is InChI=1S/C15H12BrN3O/c16-10-1-4-13-9(7-10)8-14(20-13)12-5-6-17-15(19-12)18-11-2-3-11/h1,4-8,11H,2-3H2,(H,17,18,19). The molecule has 2 aromatic heterocycles. The minimum atomic E-state index is 0.539. The van der Waals surface area contributed by atoms with E-state index in [1.54, 1.807) is 6.20 Å². The molecule has 4 nitrogen and oxygen atoms in total. The third-order valence-electron chi connectivity index (χ3n) is 3.30. The lowest BCUT2D eigenvalue weighted by Gasteiger charge is -2.02. The number of halogens is 1. The van der Waals surface area contributed by atoms with Gasteiger partial charge in [0.15, 0.2) is 5.76 Å². The minimum Gasteiger partial charge on any atom is -0.454 e. The first-order valence-electron chi connectivity index (χ1n) is 6.57. The zero-order valence-corrected chi connectivity index (χ0v) is 12.2. The molecule has 3 aromatic rings. The molecule has 1 saturated carbocycles. The van der Waals surface area contributed by atoms with Crippen molar-refractivity contribution in [1.82, 2.24) is 9.97 Å². The molecule has 100 valence electrons. The maximum atomic E-state index is 5.85. The van der Waals surface area contributed by atoms with Gasteiger partial charge >= 0.3 is 0 Å². The Morgan fingerprint density at radius 3 is 2.95 bits per heavy atom. The molecule has 5 heteroatoms. The second-order valence-corrected chi connectivity index (χ2v) is 5.89. The van der Waals surface area contributed by atoms with Crippen molar-refractivity contribution in [2.45, 2.75) is 18.9 Å². The Hall–Kier alpha value is -1.88. The van der Waals surface area contributed by atoms with E-state index in [0.717, 1.165) is 26.9 Å². The Morgan fingerprint density at radius 2 is 2.10 bits per heavy atom. The van der Waals surface area contributed by atoms with Crippen molar-refractivity contribution >= 4 is 32.8 Å². The molecule has 1 aromatic carbocycles. The fourth-order valence-corrected chi connectivity index (χ4v) is 2.49. The second-order valence-electron chi connectivity index (χ2n) is 4.98. The average Bonchev–Trinajstić information content (AvgIpc) is 3.15. The zero-order valence-electron chi connectivity index (χ0n) is 10.6. The van der Waals surface area contributed by atoms with Crippen LogP contribution in [0.4, 0.5) is 5.95 Å². The molecule has 20 heavy (non-hydrogen) atoms. The minimum absolute atomic E-state index is 0.539. The van der Waals surface area contributed by atoms with Gasteiger partial charge in [-0.3, -0.25) is 0 Å². The molecule has 2 heterocycles. The van der Waals surface area contributed by atoms with E-state index in [9.17, 15) is 0 Å². The lowest BCUT2D eigenvalue weighted by molar-refractivity contribution is 0.628. The quantitative estimate of drug-likeness (QED) is 0.781. The number of benzene rings is 1. The van der Waals surface area contributed by atoms with Crippen molar-refractivity contribution in [3.8, 4) is 11.5 Å². The number of hydrogen-bond donors (Lipinski definition) is 1. The van der Waals surface area contributed by atoms with E-state index in [-0.39, 0.29) is 0 Å². The molecule has 0 unspecified atom stereocenters. The molecule has 0 saturated heterocycles. The second kappa shape index (κ2) is 4.59. The van der Waals surface area contributed by atoms with Gasteiger partial charge in [-0.05, 0) is 43.2 Å². The van der Waals surface area contributed by atoms with Gasteiger partial charge in [0.1, 0.15) is 11.3 Å². The third-order valence-corrected chi connectivity index (χ3v) is 3.79.